The molecule has 0 amide bonds. The summed E-state index contributed by atoms with van der Waals surface area (Å²) in [6, 6.07) is 14.1. The normalized spacial score (nSPS) is 12.7. The lowest BCUT2D eigenvalue weighted by molar-refractivity contribution is 0.441. The summed E-state index contributed by atoms with van der Waals surface area (Å²) in [6.07, 6.45) is 0. The van der Waals surface area contributed by atoms with Gasteiger partial charge in [-0.2, -0.15) is 0 Å². The van der Waals surface area contributed by atoms with Crippen LogP contribution in [0.3, 0.4) is 0 Å². The van der Waals surface area contributed by atoms with Gasteiger partial charge in [-0.25, -0.2) is 4.21 Å². The molecule has 1 atom stereocenters. The molecule has 0 aliphatic heterocycles. The fraction of sp³-hybridized carbons (Fsp3) is 0. The Balaban J connectivity index is 2.37. The standard InChI is InChI=1S/C14H10O4S/c15-13-5-6-14(18-19(16)17)12-8-10-4-2-1-3-9(10)7-11(12)13/h1-8,15H,(H,16,17)/p-1. The monoisotopic (exact) mass is 273 g/mol. The van der Waals surface area contributed by atoms with Gasteiger partial charge in [-0.05, 0) is 35.0 Å². The van der Waals surface area contributed by atoms with Crippen LogP contribution in [0.5, 0.6) is 11.5 Å². The number of benzene rings is 3. The van der Waals surface area contributed by atoms with Crippen LogP contribution in [0.2, 0.25) is 0 Å². The number of phenols is 1. The first-order chi connectivity index (χ1) is 9.15. The maximum absolute atomic E-state index is 10.7. The lowest BCUT2D eigenvalue weighted by Crippen LogP contribution is -1.98. The van der Waals surface area contributed by atoms with Crippen molar-refractivity contribution in [3.63, 3.8) is 0 Å². The summed E-state index contributed by atoms with van der Waals surface area (Å²) in [4.78, 5) is 0. The second kappa shape index (κ2) is 4.53. The number of phenolic OH excluding ortho intramolecular Hbond substituents is 1. The topological polar surface area (TPSA) is 69.6 Å². The largest absolute Gasteiger partial charge is 0.740 e. The zero-order chi connectivity index (χ0) is 13.4. The van der Waals surface area contributed by atoms with Crippen LogP contribution < -0.4 is 4.18 Å². The summed E-state index contributed by atoms with van der Waals surface area (Å²) in [5.41, 5.74) is 0. The van der Waals surface area contributed by atoms with Gasteiger partial charge in [0.15, 0.2) is 0 Å². The molecule has 0 spiro atoms. The van der Waals surface area contributed by atoms with E-state index in [1.54, 1.807) is 12.1 Å². The Labute approximate surface area is 111 Å². The van der Waals surface area contributed by atoms with E-state index in [1.165, 1.54) is 12.1 Å². The molecule has 3 rings (SSSR count). The average molecular weight is 273 g/mol. The molecule has 0 saturated heterocycles. The van der Waals surface area contributed by atoms with E-state index in [2.05, 4.69) is 0 Å². The summed E-state index contributed by atoms with van der Waals surface area (Å²) >= 11 is -2.64. The number of hydrogen-bond donors (Lipinski definition) is 1. The molecule has 1 unspecified atom stereocenters. The zero-order valence-corrected chi connectivity index (χ0v) is 10.5. The van der Waals surface area contributed by atoms with E-state index in [4.69, 9.17) is 4.18 Å². The Kier molecular flexibility index (Phi) is 2.85. The molecule has 0 aromatic heterocycles. The van der Waals surface area contributed by atoms with E-state index in [-0.39, 0.29) is 11.5 Å². The maximum Gasteiger partial charge on any atom is 0.147 e. The molecule has 0 aliphatic rings. The number of hydrogen-bond acceptors (Lipinski definition) is 4. The summed E-state index contributed by atoms with van der Waals surface area (Å²) in [5, 5.41) is 12.9. The van der Waals surface area contributed by atoms with Gasteiger partial charge in [-0.3, -0.25) is 0 Å². The van der Waals surface area contributed by atoms with Crippen molar-refractivity contribution in [2.45, 2.75) is 0 Å². The molecule has 3 aromatic rings. The molecule has 4 nitrogen and oxygen atoms in total. The Hall–Kier alpha value is -2.11. The van der Waals surface area contributed by atoms with Gasteiger partial charge in [0.1, 0.15) is 22.9 Å². The quantitative estimate of drug-likeness (QED) is 0.575. The Morgan fingerprint density at radius 1 is 1.00 bits per heavy atom. The summed E-state index contributed by atoms with van der Waals surface area (Å²) in [5.74, 6) is 0.289. The third-order valence-electron chi connectivity index (χ3n) is 2.98. The van der Waals surface area contributed by atoms with Crippen molar-refractivity contribution < 1.29 is 18.1 Å². The molecule has 0 radical (unpaired) electrons. The van der Waals surface area contributed by atoms with Crippen molar-refractivity contribution in [1.82, 2.24) is 0 Å². The molecule has 96 valence electrons. The van der Waals surface area contributed by atoms with Gasteiger partial charge in [0.05, 0.1) is 0 Å². The fourth-order valence-electron chi connectivity index (χ4n) is 2.14. The molecule has 0 heterocycles. The molecule has 1 N–H and O–H groups in total. The molecule has 0 saturated carbocycles. The van der Waals surface area contributed by atoms with Crippen molar-refractivity contribution >= 4 is 32.9 Å². The molecular formula is C14H9O4S-. The molecule has 0 fully saturated rings. The first kappa shape index (κ1) is 12.0. The Morgan fingerprint density at radius 2 is 1.63 bits per heavy atom. The van der Waals surface area contributed by atoms with Crippen LogP contribution in [0.1, 0.15) is 0 Å². The SMILES string of the molecule is O=S([O-])Oc1ccc(O)c2cc3ccccc3cc12. The number of fused-ring (bicyclic) bond motifs is 2. The van der Waals surface area contributed by atoms with Crippen molar-refractivity contribution in [1.29, 1.82) is 0 Å². The highest BCUT2D eigenvalue weighted by molar-refractivity contribution is 7.74. The van der Waals surface area contributed by atoms with Crippen molar-refractivity contribution in [3.8, 4) is 11.5 Å². The molecular weight excluding hydrogens is 264 g/mol. The van der Waals surface area contributed by atoms with E-state index < -0.39 is 11.4 Å². The third kappa shape index (κ3) is 2.14. The van der Waals surface area contributed by atoms with Crippen molar-refractivity contribution in [2.24, 2.45) is 0 Å². The second-order valence-corrected chi connectivity index (χ2v) is 4.69. The van der Waals surface area contributed by atoms with Crippen LogP contribution in [0.4, 0.5) is 0 Å². The Bertz CT molecular complexity index is 798. The fourth-order valence-corrected chi connectivity index (χ4v) is 2.43. The van der Waals surface area contributed by atoms with E-state index in [9.17, 15) is 13.9 Å². The van der Waals surface area contributed by atoms with Gasteiger partial charge in [0.25, 0.3) is 0 Å². The lowest BCUT2D eigenvalue weighted by Gasteiger charge is -2.12. The van der Waals surface area contributed by atoms with E-state index >= 15 is 0 Å². The first-order valence-electron chi connectivity index (χ1n) is 5.57. The Morgan fingerprint density at radius 3 is 2.26 bits per heavy atom. The predicted octanol–water partition coefficient (Wildman–Crippen LogP) is 2.87. The van der Waals surface area contributed by atoms with Crippen LogP contribution >= 0.6 is 0 Å². The van der Waals surface area contributed by atoms with E-state index in [0.717, 1.165) is 10.8 Å². The summed E-state index contributed by atoms with van der Waals surface area (Å²) in [6.45, 7) is 0. The minimum atomic E-state index is -2.64. The molecule has 0 aliphatic carbocycles. The van der Waals surface area contributed by atoms with Crippen molar-refractivity contribution in [3.05, 3.63) is 48.5 Å². The van der Waals surface area contributed by atoms with Crippen LogP contribution in [-0.4, -0.2) is 13.9 Å². The van der Waals surface area contributed by atoms with Crippen LogP contribution in [0.15, 0.2) is 48.5 Å². The van der Waals surface area contributed by atoms with Crippen LogP contribution in [0, 0.1) is 0 Å². The molecule has 0 bridgehead atoms. The van der Waals surface area contributed by atoms with Gasteiger partial charge in [-0.15, -0.1) is 0 Å². The average Bonchev–Trinajstić information content (AvgIpc) is 2.40. The van der Waals surface area contributed by atoms with Crippen LogP contribution in [-0.2, 0) is 11.4 Å². The number of aromatic hydroxyl groups is 1. The minimum Gasteiger partial charge on any atom is -0.740 e. The molecule has 5 heteroatoms. The van der Waals surface area contributed by atoms with Gasteiger partial charge in [-0.1, -0.05) is 24.3 Å². The van der Waals surface area contributed by atoms with Gasteiger partial charge >= 0.3 is 0 Å². The predicted molar refractivity (Wildman–Crippen MR) is 72.7 cm³/mol. The summed E-state index contributed by atoms with van der Waals surface area (Å²) in [7, 11) is 0. The maximum atomic E-state index is 10.7. The van der Waals surface area contributed by atoms with E-state index in [1.807, 2.05) is 24.3 Å². The highest BCUT2D eigenvalue weighted by Gasteiger charge is 2.08. The zero-order valence-electron chi connectivity index (χ0n) is 9.70. The first-order valence-corrected chi connectivity index (χ1v) is 6.57. The lowest BCUT2D eigenvalue weighted by atomic mass is 10.0. The van der Waals surface area contributed by atoms with Gasteiger partial charge in [0.2, 0.25) is 0 Å². The highest BCUT2D eigenvalue weighted by atomic mass is 32.2. The molecule has 19 heavy (non-hydrogen) atoms. The van der Waals surface area contributed by atoms with Gasteiger partial charge < -0.3 is 13.8 Å². The highest BCUT2D eigenvalue weighted by Crippen LogP contribution is 2.35. The summed E-state index contributed by atoms with van der Waals surface area (Å²) < 4.78 is 26.1. The minimum absolute atomic E-state index is 0.0878. The molecule has 3 aromatic carbocycles. The van der Waals surface area contributed by atoms with Gasteiger partial charge in [0, 0.05) is 10.8 Å². The second-order valence-electron chi connectivity index (χ2n) is 4.12. The smallest absolute Gasteiger partial charge is 0.147 e. The third-order valence-corrected chi connectivity index (χ3v) is 3.29. The van der Waals surface area contributed by atoms with Crippen molar-refractivity contribution in [2.75, 3.05) is 0 Å². The number of rotatable bonds is 2. The van der Waals surface area contributed by atoms with Crippen LogP contribution in [0.25, 0.3) is 21.5 Å². The van der Waals surface area contributed by atoms with E-state index in [0.29, 0.717) is 10.8 Å².